The molecule has 0 aliphatic carbocycles. The summed E-state index contributed by atoms with van der Waals surface area (Å²) in [6, 6.07) is 12.9. The molecule has 2 aromatic carbocycles. The number of hydrogen-bond donors (Lipinski definition) is 1. The van der Waals surface area contributed by atoms with Gasteiger partial charge in [-0.25, -0.2) is 0 Å². The average Bonchev–Trinajstić information content (AvgIpc) is 3.07. The number of rotatable bonds is 8. The van der Waals surface area contributed by atoms with Gasteiger partial charge in [0.2, 0.25) is 5.91 Å². The molecule has 0 aliphatic rings. The number of para-hydroxylation sites is 2. The van der Waals surface area contributed by atoms with Crippen LogP contribution in [0.5, 0.6) is 11.5 Å². The lowest BCUT2D eigenvalue weighted by atomic mass is 10.1. The SMILES string of the molecule is COc1ccc(Cc2nnc(SCC(=O)Nc3ccccc3OC(F)(F)F)n2C)cc1. The minimum absolute atomic E-state index is 0.0607. The van der Waals surface area contributed by atoms with Gasteiger partial charge in [0.15, 0.2) is 10.9 Å². The molecule has 1 aromatic heterocycles. The van der Waals surface area contributed by atoms with Crippen molar-refractivity contribution >= 4 is 23.4 Å². The van der Waals surface area contributed by atoms with Crippen LogP contribution in [0.25, 0.3) is 0 Å². The molecule has 0 aliphatic heterocycles. The Kier molecular flexibility index (Phi) is 7.06. The van der Waals surface area contributed by atoms with Crippen molar-refractivity contribution in [2.45, 2.75) is 17.9 Å². The molecule has 1 amide bonds. The number of aromatic nitrogens is 3. The second kappa shape index (κ2) is 9.73. The van der Waals surface area contributed by atoms with Crippen molar-refractivity contribution in [1.82, 2.24) is 14.8 Å². The van der Waals surface area contributed by atoms with Gasteiger partial charge < -0.3 is 19.4 Å². The Labute approximate surface area is 180 Å². The van der Waals surface area contributed by atoms with Crippen LogP contribution < -0.4 is 14.8 Å². The zero-order valence-electron chi connectivity index (χ0n) is 16.6. The van der Waals surface area contributed by atoms with Crippen LogP contribution >= 0.6 is 11.8 Å². The number of anilines is 1. The van der Waals surface area contributed by atoms with Gasteiger partial charge in [-0.1, -0.05) is 36.0 Å². The lowest BCUT2D eigenvalue weighted by Crippen LogP contribution is -2.20. The second-order valence-electron chi connectivity index (χ2n) is 6.36. The summed E-state index contributed by atoms with van der Waals surface area (Å²) in [6.07, 6.45) is -4.31. The first-order chi connectivity index (χ1) is 14.7. The van der Waals surface area contributed by atoms with Gasteiger partial charge >= 0.3 is 6.36 Å². The van der Waals surface area contributed by atoms with Gasteiger partial charge in [0.05, 0.1) is 18.6 Å². The molecule has 3 aromatic rings. The van der Waals surface area contributed by atoms with E-state index in [1.165, 1.54) is 18.2 Å². The van der Waals surface area contributed by atoms with Crippen LogP contribution in [0.2, 0.25) is 0 Å². The highest BCUT2D eigenvalue weighted by atomic mass is 32.2. The summed E-state index contributed by atoms with van der Waals surface area (Å²) in [5.41, 5.74) is 0.954. The van der Waals surface area contributed by atoms with Gasteiger partial charge in [-0.2, -0.15) is 0 Å². The average molecular weight is 452 g/mol. The van der Waals surface area contributed by atoms with E-state index in [1.807, 2.05) is 24.3 Å². The standard InChI is InChI=1S/C20H19F3N4O3S/c1-27-17(11-13-7-9-14(29-2)10-8-13)25-26-19(27)31-12-18(28)24-15-5-3-4-6-16(15)30-20(21,22)23/h3-10H,11-12H2,1-2H3,(H,24,28). The van der Waals surface area contributed by atoms with Crippen molar-refractivity contribution in [2.24, 2.45) is 7.05 Å². The summed E-state index contributed by atoms with van der Waals surface area (Å²) in [5, 5.41) is 11.2. The van der Waals surface area contributed by atoms with Crippen LogP contribution in [-0.4, -0.2) is 39.9 Å². The van der Waals surface area contributed by atoms with Crippen LogP contribution in [0.15, 0.2) is 53.7 Å². The first-order valence-corrected chi connectivity index (χ1v) is 10.0. The maximum atomic E-state index is 12.5. The molecular formula is C20H19F3N4O3S. The van der Waals surface area contributed by atoms with Crippen molar-refractivity contribution in [3.8, 4) is 11.5 Å². The Morgan fingerprint density at radius 2 is 1.84 bits per heavy atom. The summed E-state index contributed by atoms with van der Waals surface area (Å²) in [5.74, 6) is 0.425. The van der Waals surface area contributed by atoms with E-state index in [-0.39, 0.29) is 11.4 Å². The highest BCUT2D eigenvalue weighted by Crippen LogP contribution is 2.30. The molecule has 0 bridgehead atoms. The molecule has 1 heterocycles. The van der Waals surface area contributed by atoms with Gasteiger partial charge in [0, 0.05) is 13.5 Å². The van der Waals surface area contributed by atoms with Crippen LogP contribution in [0.4, 0.5) is 18.9 Å². The first-order valence-electron chi connectivity index (χ1n) is 9.04. The maximum Gasteiger partial charge on any atom is 0.573 e. The van der Waals surface area contributed by atoms with E-state index in [1.54, 1.807) is 18.7 Å². The summed E-state index contributed by atoms with van der Waals surface area (Å²) in [4.78, 5) is 12.2. The number of carbonyl (C=O) groups excluding carboxylic acids is 1. The molecule has 0 radical (unpaired) electrons. The third kappa shape index (κ3) is 6.38. The smallest absolute Gasteiger partial charge is 0.497 e. The minimum atomic E-state index is -4.85. The lowest BCUT2D eigenvalue weighted by Gasteiger charge is -2.13. The fraction of sp³-hybridized carbons (Fsp3) is 0.250. The number of amides is 1. The van der Waals surface area contributed by atoms with Gasteiger partial charge in [-0.3, -0.25) is 4.79 Å². The molecule has 7 nitrogen and oxygen atoms in total. The van der Waals surface area contributed by atoms with Crippen LogP contribution in [0.3, 0.4) is 0 Å². The number of hydrogen-bond acceptors (Lipinski definition) is 6. The van der Waals surface area contributed by atoms with Gasteiger partial charge in [0.1, 0.15) is 11.6 Å². The number of benzene rings is 2. The summed E-state index contributed by atoms with van der Waals surface area (Å²) in [7, 11) is 3.38. The lowest BCUT2D eigenvalue weighted by molar-refractivity contribution is -0.274. The molecule has 1 N–H and O–H groups in total. The number of carbonyl (C=O) groups is 1. The number of alkyl halides is 3. The van der Waals surface area contributed by atoms with Crippen molar-refractivity contribution in [1.29, 1.82) is 0 Å². The van der Waals surface area contributed by atoms with E-state index >= 15 is 0 Å². The van der Waals surface area contributed by atoms with Gasteiger partial charge in [-0.15, -0.1) is 23.4 Å². The number of thioether (sulfide) groups is 1. The molecule has 0 saturated heterocycles. The summed E-state index contributed by atoms with van der Waals surface area (Å²) in [6.45, 7) is 0. The molecular weight excluding hydrogens is 433 g/mol. The minimum Gasteiger partial charge on any atom is -0.497 e. The summed E-state index contributed by atoms with van der Waals surface area (Å²) >= 11 is 1.13. The van der Waals surface area contributed by atoms with Crippen LogP contribution in [0, 0.1) is 0 Å². The van der Waals surface area contributed by atoms with Crippen molar-refractivity contribution < 1.29 is 27.4 Å². The first kappa shape index (κ1) is 22.5. The quantitative estimate of drug-likeness (QED) is 0.520. The molecule has 0 spiro atoms. The van der Waals surface area contributed by atoms with Gasteiger partial charge in [-0.05, 0) is 29.8 Å². The zero-order chi connectivity index (χ0) is 22.4. The number of nitrogens with zero attached hydrogens (tertiary/aromatic N) is 3. The normalized spacial score (nSPS) is 11.3. The highest BCUT2D eigenvalue weighted by molar-refractivity contribution is 7.99. The fourth-order valence-electron chi connectivity index (χ4n) is 2.65. The van der Waals surface area contributed by atoms with E-state index in [9.17, 15) is 18.0 Å². The van der Waals surface area contributed by atoms with E-state index in [4.69, 9.17) is 4.74 Å². The molecule has 0 fully saturated rings. The predicted molar refractivity (Wildman–Crippen MR) is 109 cm³/mol. The maximum absolute atomic E-state index is 12.5. The number of methoxy groups -OCH3 is 1. The predicted octanol–water partition coefficient (Wildman–Crippen LogP) is 4.04. The van der Waals surface area contributed by atoms with Crippen LogP contribution in [0.1, 0.15) is 11.4 Å². The third-order valence-electron chi connectivity index (χ3n) is 4.17. The molecule has 0 saturated carbocycles. The Morgan fingerprint density at radius 3 is 2.52 bits per heavy atom. The highest BCUT2D eigenvalue weighted by Gasteiger charge is 2.32. The summed E-state index contributed by atoms with van der Waals surface area (Å²) < 4.78 is 48.4. The Bertz CT molecular complexity index is 1040. The van der Waals surface area contributed by atoms with Crippen LogP contribution in [-0.2, 0) is 18.3 Å². The van der Waals surface area contributed by atoms with E-state index in [0.717, 1.165) is 29.1 Å². The molecule has 164 valence electrons. The number of halogens is 3. The van der Waals surface area contributed by atoms with Crippen molar-refractivity contribution in [3.05, 3.63) is 59.9 Å². The van der Waals surface area contributed by atoms with E-state index in [0.29, 0.717) is 17.4 Å². The fourth-order valence-corrected chi connectivity index (χ4v) is 3.38. The topological polar surface area (TPSA) is 78.3 Å². The van der Waals surface area contributed by atoms with Crippen molar-refractivity contribution in [2.75, 3.05) is 18.2 Å². The Balaban J connectivity index is 1.59. The second-order valence-corrected chi connectivity index (χ2v) is 7.31. The van der Waals surface area contributed by atoms with E-state index in [2.05, 4.69) is 20.3 Å². The number of ether oxygens (including phenoxy) is 2. The van der Waals surface area contributed by atoms with Gasteiger partial charge in [0.25, 0.3) is 0 Å². The molecule has 11 heteroatoms. The van der Waals surface area contributed by atoms with Crippen molar-refractivity contribution in [3.63, 3.8) is 0 Å². The number of nitrogens with one attached hydrogen (secondary N) is 1. The molecule has 0 unspecified atom stereocenters. The molecule has 31 heavy (non-hydrogen) atoms. The third-order valence-corrected chi connectivity index (χ3v) is 5.19. The zero-order valence-corrected chi connectivity index (χ0v) is 17.5. The van der Waals surface area contributed by atoms with E-state index < -0.39 is 18.0 Å². The monoisotopic (exact) mass is 452 g/mol. The molecule has 0 atom stereocenters. The molecule has 3 rings (SSSR count). The Morgan fingerprint density at radius 1 is 1.13 bits per heavy atom. The largest absolute Gasteiger partial charge is 0.573 e. The Hall–Kier alpha value is -3.21.